The van der Waals surface area contributed by atoms with Crippen LogP contribution >= 0.6 is 0 Å². The topological polar surface area (TPSA) is 134 Å². The number of carbonyl (C=O) groups excluding carboxylic acids is 1. The number of carbonyl (C=O) groups is 1. The fraction of sp³-hybridized carbons (Fsp3) is 0.487. The number of nitrogens with zero attached hydrogens (tertiary/aromatic N) is 6. The Bertz CT molecular complexity index is 2110. The maximum absolute atomic E-state index is 17.0. The summed E-state index contributed by atoms with van der Waals surface area (Å²) in [6.45, 7) is 4.22. The third-order valence-electron chi connectivity index (χ3n) is 11.4. The van der Waals surface area contributed by atoms with Crippen LogP contribution in [0.1, 0.15) is 44.1 Å². The number of amides is 1. The van der Waals surface area contributed by atoms with E-state index in [-0.39, 0.29) is 64.0 Å². The van der Waals surface area contributed by atoms with Gasteiger partial charge in [0.2, 0.25) is 0 Å². The summed E-state index contributed by atoms with van der Waals surface area (Å²) in [5, 5.41) is 22.9. The molecule has 3 aliphatic heterocycles. The molecule has 0 spiro atoms. The highest BCUT2D eigenvalue weighted by Crippen LogP contribution is 2.49. The lowest BCUT2D eigenvalue weighted by Crippen LogP contribution is -2.69. The average Bonchev–Trinajstić information content (AvgIpc) is 3.40. The monoisotopic (exact) mass is 728 g/mol. The number of pyridine rings is 1. The number of fused-ring (bicyclic) bond motifs is 3. The Hall–Kier alpha value is -4.84. The Morgan fingerprint density at radius 1 is 1.11 bits per heavy atom. The minimum atomic E-state index is -1.01. The SMILES string of the molecule is C#Cc1c(F)ccc2cc(O)cc(-c3ncc4c(N5CCCOCC5)nc(OCC56CCCC5N(CC5(O)CN(C(=O)OC)C5)CCC6)nc4c3F)c12. The van der Waals surface area contributed by atoms with E-state index in [0.717, 1.165) is 45.1 Å². The summed E-state index contributed by atoms with van der Waals surface area (Å²) in [6.07, 6.45) is 12.2. The first-order valence-corrected chi connectivity index (χ1v) is 18.2. The molecule has 1 aliphatic carbocycles. The molecule has 4 fully saturated rings. The highest BCUT2D eigenvalue weighted by molar-refractivity contribution is 6.03. The number of hydrogen-bond acceptors (Lipinski definition) is 11. The molecule has 5 heterocycles. The summed E-state index contributed by atoms with van der Waals surface area (Å²) in [7, 11) is 1.33. The van der Waals surface area contributed by atoms with Crippen molar-refractivity contribution in [3.63, 3.8) is 0 Å². The van der Waals surface area contributed by atoms with Crippen molar-refractivity contribution in [2.45, 2.75) is 50.2 Å². The van der Waals surface area contributed by atoms with E-state index in [4.69, 9.17) is 25.6 Å². The normalized spacial score (nSPS) is 23.0. The molecule has 0 radical (unpaired) electrons. The molecule has 3 saturated heterocycles. The fourth-order valence-electron chi connectivity index (χ4n) is 9.04. The number of ether oxygens (including phenoxy) is 3. The zero-order chi connectivity index (χ0) is 36.9. The summed E-state index contributed by atoms with van der Waals surface area (Å²) in [5.74, 6) is 1.27. The molecule has 1 amide bonds. The quantitative estimate of drug-likeness (QED) is 0.253. The number of piperidine rings is 1. The highest BCUT2D eigenvalue weighted by atomic mass is 19.1. The number of benzene rings is 2. The van der Waals surface area contributed by atoms with Crippen molar-refractivity contribution in [1.29, 1.82) is 0 Å². The molecule has 2 unspecified atom stereocenters. The van der Waals surface area contributed by atoms with E-state index in [9.17, 15) is 19.4 Å². The Balaban J connectivity index is 1.15. The van der Waals surface area contributed by atoms with Gasteiger partial charge >= 0.3 is 12.1 Å². The molecule has 4 aliphatic rings. The van der Waals surface area contributed by atoms with Crippen LogP contribution in [0.4, 0.5) is 19.4 Å². The van der Waals surface area contributed by atoms with Crippen LogP contribution in [0.25, 0.3) is 32.9 Å². The smallest absolute Gasteiger partial charge is 0.409 e. The van der Waals surface area contributed by atoms with Crippen LogP contribution in [0.3, 0.4) is 0 Å². The number of hydrogen-bond donors (Lipinski definition) is 2. The lowest BCUT2D eigenvalue weighted by molar-refractivity contribution is -0.122. The van der Waals surface area contributed by atoms with E-state index in [1.54, 1.807) is 0 Å². The first kappa shape index (κ1) is 35.2. The molecule has 4 aromatic rings. The predicted molar refractivity (Wildman–Crippen MR) is 193 cm³/mol. The Morgan fingerprint density at radius 3 is 2.75 bits per heavy atom. The minimum Gasteiger partial charge on any atom is -0.508 e. The molecule has 8 rings (SSSR count). The zero-order valence-electron chi connectivity index (χ0n) is 29.6. The van der Waals surface area contributed by atoms with Gasteiger partial charge in [-0.05, 0) is 62.2 Å². The number of aromatic nitrogens is 3. The number of phenolic OH excluding ortho intramolecular Hbond substituents is 1. The summed E-state index contributed by atoms with van der Waals surface area (Å²) >= 11 is 0. The Morgan fingerprint density at radius 2 is 1.94 bits per heavy atom. The van der Waals surface area contributed by atoms with E-state index < -0.39 is 23.3 Å². The van der Waals surface area contributed by atoms with E-state index in [0.29, 0.717) is 56.0 Å². The first-order chi connectivity index (χ1) is 25.6. The highest BCUT2D eigenvalue weighted by Gasteiger charge is 2.52. The van der Waals surface area contributed by atoms with Crippen molar-refractivity contribution in [2.24, 2.45) is 5.41 Å². The van der Waals surface area contributed by atoms with Gasteiger partial charge in [0.05, 0.1) is 44.4 Å². The molecule has 53 heavy (non-hydrogen) atoms. The number of β-amino-alcohol motifs (C(OH)–C–C–N with tert-alkyl or cyclic N) is 1. The molecular formula is C39H42F2N6O6. The van der Waals surface area contributed by atoms with Crippen molar-refractivity contribution in [3.8, 4) is 35.4 Å². The maximum atomic E-state index is 17.0. The summed E-state index contributed by atoms with van der Waals surface area (Å²) < 4.78 is 48.9. The second-order valence-corrected chi connectivity index (χ2v) is 14.8. The molecule has 2 N–H and O–H groups in total. The summed E-state index contributed by atoms with van der Waals surface area (Å²) in [6, 6.07) is 5.63. The number of aromatic hydroxyl groups is 1. The minimum absolute atomic E-state index is 0.0216. The Labute approximate surface area is 305 Å². The molecule has 2 atom stereocenters. The largest absolute Gasteiger partial charge is 0.508 e. The van der Waals surface area contributed by atoms with E-state index >= 15 is 4.39 Å². The molecule has 2 aromatic heterocycles. The molecular weight excluding hydrogens is 686 g/mol. The van der Waals surface area contributed by atoms with Crippen LogP contribution in [0, 0.1) is 29.4 Å². The lowest BCUT2D eigenvalue weighted by atomic mass is 9.75. The summed E-state index contributed by atoms with van der Waals surface area (Å²) in [4.78, 5) is 31.8. The number of methoxy groups -OCH3 is 1. The number of terminal acetylenes is 1. The number of halogens is 2. The molecule has 0 bridgehead atoms. The van der Waals surface area contributed by atoms with Gasteiger partial charge in [0.15, 0.2) is 5.82 Å². The van der Waals surface area contributed by atoms with E-state index in [1.807, 2.05) is 4.90 Å². The van der Waals surface area contributed by atoms with Gasteiger partial charge in [0.1, 0.15) is 34.2 Å². The van der Waals surface area contributed by atoms with Gasteiger partial charge in [-0.2, -0.15) is 9.97 Å². The molecule has 278 valence electrons. The first-order valence-electron chi connectivity index (χ1n) is 18.2. The molecule has 12 nitrogen and oxygen atoms in total. The van der Waals surface area contributed by atoms with Crippen molar-refractivity contribution < 1.29 is 38.0 Å². The maximum Gasteiger partial charge on any atom is 0.409 e. The van der Waals surface area contributed by atoms with Crippen LogP contribution in [-0.2, 0) is 9.47 Å². The van der Waals surface area contributed by atoms with Gasteiger partial charge in [0.25, 0.3) is 0 Å². The Kier molecular flexibility index (Phi) is 9.20. The number of rotatable bonds is 7. The fourth-order valence-corrected chi connectivity index (χ4v) is 9.04. The van der Waals surface area contributed by atoms with Gasteiger partial charge in [-0.15, -0.1) is 6.42 Å². The number of aliphatic hydroxyl groups is 1. The number of anilines is 1. The van der Waals surface area contributed by atoms with Crippen molar-refractivity contribution in [1.82, 2.24) is 24.8 Å². The second-order valence-electron chi connectivity index (χ2n) is 14.8. The van der Waals surface area contributed by atoms with Gasteiger partial charge in [-0.1, -0.05) is 18.4 Å². The number of likely N-dealkylation sites (tertiary alicyclic amines) is 2. The molecule has 2 aromatic carbocycles. The molecule has 14 heteroatoms. The van der Waals surface area contributed by atoms with E-state index in [1.165, 1.54) is 42.5 Å². The third-order valence-corrected chi connectivity index (χ3v) is 11.4. The van der Waals surface area contributed by atoms with Crippen molar-refractivity contribution in [3.05, 3.63) is 47.7 Å². The zero-order valence-corrected chi connectivity index (χ0v) is 29.6. The van der Waals surface area contributed by atoms with Crippen LogP contribution in [0.2, 0.25) is 0 Å². The lowest BCUT2D eigenvalue weighted by Gasteiger charge is -2.52. The summed E-state index contributed by atoms with van der Waals surface area (Å²) in [5.41, 5.74) is -1.34. The molecule has 1 saturated carbocycles. The van der Waals surface area contributed by atoms with Crippen LogP contribution in [0.5, 0.6) is 11.8 Å². The standard InChI is InChI=1S/C39H42F2N6O6/c1-3-26-29(40)9-8-24-17-25(48)18-27(31(24)26)33-32(41)34-28(19-42-33)35(45-13-6-15-52-16-14-45)44-36(43-34)53-23-38-10-4-7-30(38)46(12-5-11-38)20-39(50)21-47(22-39)37(49)51-2/h1,8-9,17-19,30,48,50H,4-7,10-16,20-23H2,2H3. The third kappa shape index (κ3) is 6.34. The predicted octanol–water partition coefficient (Wildman–Crippen LogP) is 4.86. The van der Waals surface area contributed by atoms with Crippen LogP contribution < -0.4 is 9.64 Å². The van der Waals surface area contributed by atoms with Crippen molar-refractivity contribution >= 4 is 33.6 Å². The van der Waals surface area contributed by atoms with Crippen molar-refractivity contribution in [2.75, 3.05) is 71.1 Å². The van der Waals surface area contributed by atoms with Gasteiger partial charge in [-0.25, -0.2) is 13.6 Å². The second kappa shape index (κ2) is 13.9. The number of phenols is 1. The van der Waals surface area contributed by atoms with E-state index in [2.05, 4.69) is 20.8 Å². The average molecular weight is 729 g/mol. The van der Waals surface area contributed by atoms with Gasteiger partial charge in [-0.3, -0.25) is 9.88 Å². The van der Waals surface area contributed by atoms with Gasteiger partial charge < -0.3 is 34.2 Å². The van der Waals surface area contributed by atoms with Crippen LogP contribution in [0.15, 0.2) is 30.5 Å². The van der Waals surface area contributed by atoms with Crippen LogP contribution in [-0.4, -0.2) is 119 Å². The van der Waals surface area contributed by atoms with Gasteiger partial charge in [0, 0.05) is 54.8 Å².